The molecule has 0 aromatic heterocycles. The Bertz CT molecular complexity index is 478. The van der Waals surface area contributed by atoms with E-state index in [1.807, 2.05) is 11.8 Å². The van der Waals surface area contributed by atoms with Gasteiger partial charge in [0.15, 0.2) is 0 Å². The first-order valence-electron chi connectivity index (χ1n) is 5.68. The topological polar surface area (TPSA) is 9.23 Å². The van der Waals surface area contributed by atoms with Crippen LogP contribution in [-0.4, -0.2) is 11.9 Å². The standard InChI is InChI=1S/C14H16OS/c1-9-6-11(15-3)4-5-12(9)13-7-10-8-14(10,2)16-13/h4-7,10H,8H2,1-3H3. The van der Waals surface area contributed by atoms with Gasteiger partial charge in [0.1, 0.15) is 5.75 Å². The summed E-state index contributed by atoms with van der Waals surface area (Å²) in [7, 11) is 1.72. The van der Waals surface area contributed by atoms with Crippen molar-refractivity contribution in [3.8, 4) is 5.75 Å². The summed E-state index contributed by atoms with van der Waals surface area (Å²) in [6, 6.07) is 6.35. The van der Waals surface area contributed by atoms with Crippen molar-refractivity contribution < 1.29 is 4.74 Å². The first-order valence-corrected chi connectivity index (χ1v) is 6.50. The lowest BCUT2D eigenvalue weighted by atomic mass is 10.1. The molecule has 0 amide bonds. The van der Waals surface area contributed by atoms with Crippen LogP contribution in [0.1, 0.15) is 24.5 Å². The zero-order valence-electron chi connectivity index (χ0n) is 9.91. The van der Waals surface area contributed by atoms with E-state index >= 15 is 0 Å². The fourth-order valence-electron chi connectivity index (χ4n) is 2.38. The average Bonchev–Trinajstić information content (AvgIpc) is 2.77. The summed E-state index contributed by atoms with van der Waals surface area (Å²) in [5.74, 6) is 1.76. The molecule has 84 valence electrons. The lowest BCUT2D eigenvalue weighted by molar-refractivity contribution is 0.414. The largest absolute Gasteiger partial charge is 0.497 e. The van der Waals surface area contributed by atoms with E-state index in [1.165, 1.54) is 22.5 Å². The molecule has 0 bridgehead atoms. The van der Waals surface area contributed by atoms with E-state index in [4.69, 9.17) is 4.74 Å². The molecule has 0 radical (unpaired) electrons. The molecule has 3 rings (SSSR count). The Balaban J connectivity index is 1.93. The summed E-state index contributed by atoms with van der Waals surface area (Å²) in [5, 5.41) is 0. The van der Waals surface area contributed by atoms with Gasteiger partial charge in [0.25, 0.3) is 0 Å². The normalized spacial score (nSPS) is 30.9. The van der Waals surface area contributed by atoms with Gasteiger partial charge in [0, 0.05) is 9.65 Å². The third-order valence-corrected chi connectivity index (χ3v) is 5.16. The Morgan fingerprint density at radius 3 is 2.81 bits per heavy atom. The molecular formula is C14H16OS. The molecule has 1 heterocycles. The van der Waals surface area contributed by atoms with Crippen molar-refractivity contribution in [3.05, 3.63) is 35.4 Å². The van der Waals surface area contributed by atoms with Gasteiger partial charge in [-0.05, 0) is 55.5 Å². The Morgan fingerprint density at radius 1 is 1.44 bits per heavy atom. The number of allylic oxidation sites excluding steroid dienone is 1. The maximum absolute atomic E-state index is 5.24. The van der Waals surface area contributed by atoms with Crippen LogP contribution in [0.5, 0.6) is 5.75 Å². The van der Waals surface area contributed by atoms with Gasteiger partial charge < -0.3 is 4.74 Å². The summed E-state index contributed by atoms with van der Waals surface area (Å²) < 4.78 is 5.75. The maximum Gasteiger partial charge on any atom is 0.119 e. The minimum Gasteiger partial charge on any atom is -0.497 e. The van der Waals surface area contributed by atoms with Crippen LogP contribution in [0.4, 0.5) is 0 Å². The van der Waals surface area contributed by atoms with E-state index < -0.39 is 0 Å². The number of methoxy groups -OCH3 is 1. The van der Waals surface area contributed by atoms with E-state index in [2.05, 4.69) is 38.1 Å². The van der Waals surface area contributed by atoms with Crippen LogP contribution in [0.15, 0.2) is 24.3 Å². The van der Waals surface area contributed by atoms with Crippen molar-refractivity contribution >= 4 is 16.7 Å². The van der Waals surface area contributed by atoms with Crippen molar-refractivity contribution in [1.29, 1.82) is 0 Å². The highest BCUT2D eigenvalue weighted by atomic mass is 32.2. The summed E-state index contributed by atoms with van der Waals surface area (Å²) in [5.41, 5.74) is 2.68. The summed E-state index contributed by atoms with van der Waals surface area (Å²) in [4.78, 5) is 1.46. The van der Waals surface area contributed by atoms with Crippen molar-refractivity contribution in [3.63, 3.8) is 0 Å². The Hall–Kier alpha value is -0.890. The first-order chi connectivity index (χ1) is 7.62. The number of ether oxygens (including phenoxy) is 1. The van der Waals surface area contributed by atoms with Crippen molar-refractivity contribution in [2.75, 3.05) is 7.11 Å². The first kappa shape index (κ1) is 10.3. The SMILES string of the molecule is COc1ccc(C2=CC3CC3(C)S2)c(C)c1. The highest BCUT2D eigenvalue weighted by molar-refractivity contribution is 8.10. The number of benzene rings is 1. The third-order valence-electron chi connectivity index (χ3n) is 3.64. The zero-order chi connectivity index (χ0) is 11.3. The molecule has 1 aliphatic heterocycles. The second-order valence-corrected chi connectivity index (χ2v) is 6.51. The number of rotatable bonds is 2. The third kappa shape index (κ3) is 1.47. The molecule has 16 heavy (non-hydrogen) atoms. The van der Waals surface area contributed by atoms with E-state index in [0.29, 0.717) is 4.75 Å². The van der Waals surface area contributed by atoms with E-state index in [9.17, 15) is 0 Å². The summed E-state index contributed by atoms with van der Waals surface area (Å²) in [6.07, 6.45) is 3.80. The van der Waals surface area contributed by atoms with Gasteiger partial charge in [-0.15, -0.1) is 11.8 Å². The molecule has 1 aliphatic carbocycles. The van der Waals surface area contributed by atoms with Gasteiger partial charge in [-0.2, -0.15) is 0 Å². The molecule has 1 saturated carbocycles. The fraction of sp³-hybridized carbons (Fsp3) is 0.429. The summed E-state index contributed by atoms with van der Waals surface area (Å²) >= 11 is 2.04. The van der Waals surface area contributed by atoms with Gasteiger partial charge in [-0.3, -0.25) is 0 Å². The lowest BCUT2D eigenvalue weighted by Gasteiger charge is -2.11. The quantitative estimate of drug-likeness (QED) is 0.765. The molecule has 0 spiro atoms. The van der Waals surface area contributed by atoms with Crippen LogP contribution >= 0.6 is 11.8 Å². The van der Waals surface area contributed by atoms with Crippen molar-refractivity contribution in [2.24, 2.45) is 5.92 Å². The molecule has 1 nitrogen and oxygen atoms in total. The Morgan fingerprint density at radius 2 is 2.25 bits per heavy atom. The van der Waals surface area contributed by atoms with Crippen LogP contribution < -0.4 is 4.74 Å². The lowest BCUT2D eigenvalue weighted by Crippen LogP contribution is -1.93. The van der Waals surface area contributed by atoms with Crippen LogP contribution in [0.3, 0.4) is 0 Å². The molecule has 1 aromatic rings. The number of hydrogen-bond acceptors (Lipinski definition) is 2. The number of fused-ring (bicyclic) bond motifs is 1. The van der Waals surface area contributed by atoms with E-state index in [-0.39, 0.29) is 0 Å². The van der Waals surface area contributed by atoms with Gasteiger partial charge >= 0.3 is 0 Å². The van der Waals surface area contributed by atoms with Crippen LogP contribution in [0.2, 0.25) is 0 Å². The predicted octanol–water partition coefficient (Wildman–Crippen LogP) is 3.87. The second-order valence-electron chi connectivity index (χ2n) is 4.94. The Labute approximate surface area is 101 Å². The van der Waals surface area contributed by atoms with Crippen LogP contribution in [0.25, 0.3) is 4.91 Å². The van der Waals surface area contributed by atoms with Gasteiger partial charge in [0.05, 0.1) is 7.11 Å². The van der Waals surface area contributed by atoms with Crippen LogP contribution in [-0.2, 0) is 0 Å². The second kappa shape index (κ2) is 3.30. The van der Waals surface area contributed by atoms with Crippen molar-refractivity contribution in [1.82, 2.24) is 0 Å². The van der Waals surface area contributed by atoms with Crippen LogP contribution in [0, 0.1) is 12.8 Å². The smallest absolute Gasteiger partial charge is 0.119 e. The van der Waals surface area contributed by atoms with Gasteiger partial charge in [-0.25, -0.2) is 0 Å². The fourth-order valence-corrected chi connectivity index (χ4v) is 3.94. The number of thioether (sulfide) groups is 1. The molecule has 0 N–H and O–H groups in total. The molecular weight excluding hydrogens is 216 g/mol. The molecule has 1 aromatic carbocycles. The summed E-state index contributed by atoms with van der Waals surface area (Å²) in [6.45, 7) is 4.52. The molecule has 0 saturated heterocycles. The molecule has 2 heteroatoms. The minimum absolute atomic E-state index is 0.516. The molecule has 2 unspecified atom stereocenters. The number of aryl methyl sites for hydroxylation is 1. The van der Waals surface area contributed by atoms with Crippen molar-refractivity contribution in [2.45, 2.75) is 25.0 Å². The van der Waals surface area contributed by atoms with Gasteiger partial charge in [-0.1, -0.05) is 6.08 Å². The molecule has 2 atom stereocenters. The van der Waals surface area contributed by atoms with E-state index in [0.717, 1.165) is 11.7 Å². The predicted molar refractivity (Wildman–Crippen MR) is 69.8 cm³/mol. The monoisotopic (exact) mass is 232 g/mol. The zero-order valence-corrected chi connectivity index (χ0v) is 10.7. The maximum atomic E-state index is 5.24. The minimum atomic E-state index is 0.516. The molecule has 2 aliphatic rings. The van der Waals surface area contributed by atoms with E-state index in [1.54, 1.807) is 7.11 Å². The molecule has 1 fully saturated rings. The Kier molecular flexibility index (Phi) is 2.12. The van der Waals surface area contributed by atoms with Gasteiger partial charge in [0.2, 0.25) is 0 Å². The number of hydrogen-bond donors (Lipinski definition) is 0. The highest BCUT2D eigenvalue weighted by Gasteiger charge is 2.54. The highest BCUT2D eigenvalue weighted by Crippen LogP contribution is 2.65. The average molecular weight is 232 g/mol.